The SMILES string of the molecule is Cc1noc(COc2cccc(OCC(O)CNC(C)C)c2)c1Cl. The zero-order valence-corrected chi connectivity index (χ0v) is 14.8. The number of rotatable bonds is 9. The van der Waals surface area contributed by atoms with Crippen LogP contribution >= 0.6 is 11.6 Å². The van der Waals surface area contributed by atoms with Crippen LogP contribution in [0.15, 0.2) is 28.8 Å². The number of hydrogen-bond donors (Lipinski definition) is 2. The van der Waals surface area contributed by atoms with E-state index in [9.17, 15) is 5.11 Å². The van der Waals surface area contributed by atoms with E-state index in [-0.39, 0.29) is 13.2 Å². The van der Waals surface area contributed by atoms with Gasteiger partial charge in [-0.25, -0.2) is 0 Å². The highest BCUT2D eigenvalue weighted by Gasteiger charge is 2.11. The summed E-state index contributed by atoms with van der Waals surface area (Å²) in [6.45, 7) is 6.69. The third-order valence-electron chi connectivity index (χ3n) is 3.23. The Morgan fingerprint density at radius 1 is 1.29 bits per heavy atom. The van der Waals surface area contributed by atoms with Crippen molar-refractivity contribution < 1.29 is 19.1 Å². The first-order valence-electron chi connectivity index (χ1n) is 7.83. The highest BCUT2D eigenvalue weighted by molar-refractivity contribution is 6.31. The molecule has 1 heterocycles. The van der Waals surface area contributed by atoms with Crippen LogP contribution in [0.4, 0.5) is 0 Å². The Morgan fingerprint density at radius 3 is 2.62 bits per heavy atom. The Hall–Kier alpha value is -1.76. The number of aliphatic hydroxyl groups is 1. The molecule has 1 aromatic heterocycles. The summed E-state index contributed by atoms with van der Waals surface area (Å²) in [5, 5.41) is 17.3. The topological polar surface area (TPSA) is 76.8 Å². The smallest absolute Gasteiger partial charge is 0.192 e. The van der Waals surface area contributed by atoms with Gasteiger partial charge in [0.05, 0.1) is 5.69 Å². The van der Waals surface area contributed by atoms with Gasteiger partial charge in [-0.05, 0) is 19.1 Å². The predicted molar refractivity (Wildman–Crippen MR) is 91.7 cm³/mol. The molecular weight excluding hydrogens is 332 g/mol. The third-order valence-corrected chi connectivity index (χ3v) is 3.72. The van der Waals surface area contributed by atoms with Crippen LogP contribution in [-0.4, -0.2) is 35.6 Å². The third kappa shape index (κ3) is 5.70. The van der Waals surface area contributed by atoms with Crippen molar-refractivity contribution in [2.75, 3.05) is 13.2 Å². The van der Waals surface area contributed by atoms with Crippen LogP contribution in [0.1, 0.15) is 25.3 Å². The summed E-state index contributed by atoms with van der Waals surface area (Å²) < 4.78 is 16.3. The summed E-state index contributed by atoms with van der Waals surface area (Å²) >= 11 is 6.05. The number of nitrogens with one attached hydrogen (secondary N) is 1. The molecule has 1 aromatic carbocycles. The minimum absolute atomic E-state index is 0.185. The molecule has 2 aromatic rings. The van der Waals surface area contributed by atoms with E-state index < -0.39 is 6.10 Å². The molecule has 7 heteroatoms. The van der Waals surface area contributed by atoms with Crippen molar-refractivity contribution in [3.63, 3.8) is 0 Å². The van der Waals surface area contributed by atoms with E-state index in [1.807, 2.05) is 19.9 Å². The Kier molecular flexibility index (Phi) is 6.90. The van der Waals surface area contributed by atoms with Gasteiger partial charge in [-0.15, -0.1) is 0 Å². The normalized spacial score (nSPS) is 12.4. The molecule has 0 aliphatic carbocycles. The zero-order chi connectivity index (χ0) is 17.5. The van der Waals surface area contributed by atoms with Gasteiger partial charge in [0.25, 0.3) is 0 Å². The van der Waals surface area contributed by atoms with Crippen LogP contribution in [0.3, 0.4) is 0 Å². The maximum atomic E-state index is 9.86. The Morgan fingerprint density at radius 2 is 2.00 bits per heavy atom. The number of halogens is 1. The number of aliphatic hydroxyl groups excluding tert-OH is 1. The Bertz CT molecular complexity index is 645. The molecule has 1 atom stereocenters. The lowest BCUT2D eigenvalue weighted by molar-refractivity contribution is 0.104. The van der Waals surface area contributed by atoms with Crippen LogP contribution < -0.4 is 14.8 Å². The number of aromatic nitrogens is 1. The maximum Gasteiger partial charge on any atom is 0.192 e. The average Bonchev–Trinajstić information content (AvgIpc) is 2.88. The largest absolute Gasteiger partial charge is 0.491 e. The standard InChI is InChI=1S/C17H23ClN2O4/c1-11(2)19-8-13(21)9-22-14-5-4-6-15(7-14)23-10-16-17(18)12(3)20-24-16/h4-7,11,13,19,21H,8-10H2,1-3H3. The molecule has 0 saturated heterocycles. The van der Waals surface area contributed by atoms with Gasteiger partial charge >= 0.3 is 0 Å². The van der Waals surface area contributed by atoms with Gasteiger partial charge in [0, 0.05) is 18.7 Å². The molecule has 2 rings (SSSR count). The molecule has 24 heavy (non-hydrogen) atoms. The molecular formula is C17H23ClN2O4. The lowest BCUT2D eigenvalue weighted by Crippen LogP contribution is -2.35. The van der Waals surface area contributed by atoms with Gasteiger partial charge in [-0.1, -0.05) is 36.7 Å². The van der Waals surface area contributed by atoms with Crippen LogP contribution in [0.5, 0.6) is 11.5 Å². The molecule has 1 unspecified atom stereocenters. The monoisotopic (exact) mass is 354 g/mol. The van der Waals surface area contributed by atoms with Gasteiger partial charge in [0.1, 0.15) is 29.2 Å². The predicted octanol–water partition coefficient (Wildman–Crippen LogP) is 2.95. The Labute approximate surface area is 146 Å². The first-order chi connectivity index (χ1) is 11.5. The van der Waals surface area contributed by atoms with Crippen molar-refractivity contribution in [3.8, 4) is 11.5 Å². The first-order valence-corrected chi connectivity index (χ1v) is 8.21. The quantitative estimate of drug-likeness (QED) is 0.721. The van der Waals surface area contributed by atoms with E-state index in [0.29, 0.717) is 40.6 Å². The highest BCUT2D eigenvalue weighted by atomic mass is 35.5. The lowest BCUT2D eigenvalue weighted by atomic mass is 10.3. The van der Waals surface area contributed by atoms with E-state index in [2.05, 4.69) is 10.5 Å². The van der Waals surface area contributed by atoms with Crippen molar-refractivity contribution >= 4 is 11.6 Å². The summed E-state index contributed by atoms with van der Waals surface area (Å²) in [4.78, 5) is 0. The second kappa shape index (κ2) is 8.92. The first kappa shape index (κ1) is 18.6. The van der Waals surface area contributed by atoms with E-state index >= 15 is 0 Å². The van der Waals surface area contributed by atoms with Crippen LogP contribution in [0.25, 0.3) is 0 Å². The van der Waals surface area contributed by atoms with Gasteiger partial charge < -0.3 is 24.4 Å². The fourth-order valence-electron chi connectivity index (χ4n) is 1.92. The maximum absolute atomic E-state index is 9.86. The van der Waals surface area contributed by atoms with E-state index in [1.54, 1.807) is 25.1 Å². The molecule has 2 N–H and O–H groups in total. The summed E-state index contributed by atoms with van der Waals surface area (Å²) in [5.41, 5.74) is 0.636. The van der Waals surface area contributed by atoms with E-state index in [1.165, 1.54) is 0 Å². The number of benzene rings is 1. The lowest BCUT2D eigenvalue weighted by Gasteiger charge is -2.15. The van der Waals surface area contributed by atoms with Gasteiger partial charge in [0.15, 0.2) is 12.4 Å². The molecule has 132 valence electrons. The molecule has 0 spiro atoms. The van der Waals surface area contributed by atoms with E-state index in [0.717, 1.165) is 0 Å². The zero-order valence-electron chi connectivity index (χ0n) is 14.1. The minimum atomic E-state index is -0.576. The molecule has 0 amide bonds. The summed E-state index contributed by atoms with van der Waals surface area (Å²) in [5.74, 6) is 1.72. The number of nitrogens with zero attached hydrogens (tertiary/aromatic N) is 1. The van der Waals surface area contributed by atoms with Gasteiger partial charge in [-0.2, -0.15) is 0 Å². The van der Waals surface area contributed by atoms with Gasteiger partial charge in [-0.3, -0.25) is 0 Å². The fraction of sp³-hybridized carbons (Fsp3) is 0.471. The minimum Gasteiger partial charge on any atom is -0.491 e. The van der Waals surface area contributed by atoms with Crippen LogP contribution in [0, 0.1) is 6.92 Å². The number of ether oxygens (including phenoxy) is 2. The highest BCUT2D eigenvalue weighted by Crippen LogP contribution is 2.24. The fourth-order valence-corrected chi connectivity index (χ4v) is 2.04. The molecule has 0 fully saturated rings. The van der Waals surface area contributed by atoms with E-state index in [4.69, 9.17) is 25.6 Å². The Balaban J connectivity index is 1.83. The molecule has 6 nitrogen and oxygen atoms in total. The second-order valence-corrected chi connectivity index (χ2v) is 6.17. The van der Waals surface area contributed by atoms with Crippen molar-refractivity contribution in [3.05, 3.63) is 40.7 Å². The molecule has 0 bridgehead atoms. The summed E-state index contributed by atoms with van der Waals surface area (Å²) in [6, 6.07) is 7.50. The van der Waals surface area contributed by atoms with Crippen LogP contribution in [-0.2, 0) is 6.61 Å². The van der Waals surface area contributed by atoms with Gasteiger partial charge in [0.2, 0.25) is 0 Å². The molecule has 0 saturated carbocycles. The number of hydrogen-bond acceptors (Lipinski definition) is 6. The summed E-state index contributed by atoms with van der Waals surface area (Å²) in [6.07, 6.45) is -0.576. The molecule has 0 aliphatic heterocycles. The number of aryl methyl sites for hydroxylation is 1. The second-order valence-electron chi connectivity index (χ2n) is 5.80. The summed E-state index contributed by atoms with van der Waals surface area (Å²) in [7, 11) is 0. The van der Waals surface area contributed by atoms with Crippen LogP contribution in [0.2, 0.25) is 5.02 Å². The molecule has 0 radical (unpaired) electrons. The average molecular weight is 355 g/mol. The van der Waals surface area contributed by atoms with Crippen molar-refractivity contribution in [1.29, 1.82) is 0 Å². The van der Waals surface area contributed by atoms with Crippen molar-refractivity contribution in [2.24, 2.45) is 0 Å². The molecule has 0 aliphatic rings. The van der Waals surface area contributed by atoms with Crippen molar-refractivity contribution in [1.82, 2.24) is 10.5 Å². The van der Waals surface area contributed by atoms with Crippen molar-refractivity contribution in [2.45, 2.75) is 39.5 Å².